The first-order valence-electron chi connectivity index (χ1n) is 24.7. The van der Waals surface area contributed by atoms with E-state index in [0.29, 0.717) is 55.0 Å². The molecule has 2 heterocycles. The number of hydrogen-bond acceptors (Lipinski definition) is 16. The number of rotatable bonds is 27. The fourth-order valence-electron chi connectivity index (χ4n) is 8.46. The number of hydroxylamine groups is 2. The highest BCUT2D eigenvalue weighted by molar-refractivity contribution is 5.96. The van der Waals surface area contributed by atoms with Gasteiger partial charge in [-0.05, 0) is 87.7 Å². The Morgan fingerprint density at radius 1 is 0.847 bits per heavy atom. The zero-order chi connectivity index (χ0) is 51.4. The minimum Gasteiger partial charge on any atom is -0.479 e. The molecule has 3 unspecified atom stereocenters. The number of carboxylic acid groups (broad SMARTS) is 1. The standard InChI is InChI=1S/C51H66N8O13/c1-3-58(26-27-70-59(37-14-7-6-8-15-37)43(62)16-9-4-5-10-22-54-45-46(48(64)47(45)63)55-35-19-24-53-25-20-35)49(65)34-12-11-13-36(29-34)56-51(68)69-32-33-17-18-40(39(28-33)57-42(61)21-23-52-2)71-44-31-38(60)30-41(72-44)50(66)67/h11-13,17-20,24-25,28-29,37-38,41,44,52,54,60H,3-10,14-16,21-23,26-27,30-32H2,1-2H3,(H,53,55)(H,56,68)(H,57,61)(H,66,67). The number of anilines is 5. The minimum atomic E-state index is -1.27. The third kappa shape index (κ3) is 16.0. The van der Waals surface area contributed by atoms with Gasteiger partial charge in [-0.15, -0.1) is 0 Å². The molecule has 0 spiro atoms. The first-order chi connectivity index (χ1) is 34.8. The Kier molecular flexibility index (Phi) is 20.9. The van der Waals surface area contributed by atoms with Crippen molar-refractivity contribution in [2.24, 2.45) is 0 Å². The topological polar surface area (TPSA) is 276 Å². The van der Waals surface area contributed by atoms with E-state index in [1.54, 1.807) is 66.8 Å². The van der Waals surface area contributed by atoms with E-state index in [4.69, 9.17) is 19.0 Å². The van der Waals surface area contributed by atoms with Crippen molar-refractivity contribution < 1.29 is 53.2 Å². The minimum absolute atomic E-state index is 0.0114. The van der Waals surface area contributed by atoms with Crippen molar-refractivity contribution in [3.63, 3.8) is 0 Å². The summed E-state index contributed by atoms with van der Waals surface area (Å²) in [7, 11) is 1.71. The molecule has 388 valence electrons. The van der Waals surface area contributed by atoms with E-state index in [1.165, 1.54) is 17.2 Å². The molecule has 0 bridgehead atoms. The highest BCUT2D eigenvalue weighted by Crippen LogP contribution is 2.31. The van der Waals surface area contributed by atoms with Crippen molar-refractivity contribution in [2.75, 3.05) is 61.1 Å². The van der Waals surface area contributed by atoms with Crippen molar-refractivity contribution in [1.82, 2.24) is 20.3 Å². The van der Waals surface area contributed by atoms with Gasteiger partial charge in [-0.2, -0.15) is 0 Å². The van der Waals surface area contributed by atoms with E-state index in [-0.39, 0.29) is 85.6 Å². The number of aliphatic carboxylic acids is 1. The fraction of sp³-hybridized carbons (Fsp3) is 0.490. The Balaban J connectivity index is 0.958. The number of nitrogens with one attached hydrogen (secondary N) is 5. The number of carboxylic acids is 1. The number of aliphatic hydroxyl groups excluding tert-OH is 1. The Bertz CT molecular complexity index is 2510. The molecule has 1 aliphatic heterocycles. The molecular weight excluding hydrogens is 933 g/mol. The summed E-state index contributed by atoms with van der Waals surface area (Å²) in [6.45, 7) is 3.21. The number of aliphatic hydroxyl groups is 1. The molecule has 1 saturated carbocycles. The first-order valence-corrected chi connectivity index (χ1v) is 24.7. The monoisotopic (exact) mass is 998 g/mol. The van der Waals surface area contributed by atoms with Gasteiger partial charge in [0.1, 0.15) is 23.7 Å². The molecule has 72 heavy (non-hydrogen) atoms. The van der Waals surface area contributed by atoms with Gasteiger partial charge in [-0.1, -0.05) is 44.2 Å². The summed E-state index contributed by atoms with van der Waals surface area (Å²) in [4.78, 5) is 101. The lowest BCUT2D eigenvalue weighted by Crippen LogP contribution is -2.43. The van der Waals surface area contributed by atoms with Gasteiger partial charge >= 0.3 is 12.1 Å². The lowest BCUT2D eigenvalue weighted by Gasteiger charge is -2.34. The van der Waals surface area contributed by atoms with Crippen LogP contribution in [0.2, 0.25) is 0 Å². The Labute approximate surface area is 417 Å². The zero-order valence-corrected chi connectivity index (χ0v) is 40.8. The molecule has 6 rings (SSSR count). The maximum absolute atomic E-state index is 13.8. The van der Waals surface area contributed by atoms with Crippen molar-refractivity contribution in [3.8, 4) is 5.75 Å². The SMILES string of the molecule is CCN(CCON(C(=O)CCCCCCNc1c(Nc2ccncc2)c(=O)c1=O)C1CCCCC1)C(=O)c1cccc(NC(=O)OCc2ccc(OC3CC(O)CC(C(=O)O)O3)c(NC(=O)CCNC)c2)c1. The highest BCUT2D eigenvalue weighted by atomic mass is 16.7. The summed E-state index contributed by atoms with van der Waals surface area (Å²) < 4.78 is 16.9. The number of pyridine rings is 1. The van der Waals surface area contributed by atoms with Gasteiger partial charge in [0.15, 0.2) is 6.10 Å². The number of nitrogens with zero attached hydrogens (tertiary/aromatic N) is 3. The van der Waals surface area contributed by atoms with Crippen molar-refractivity contribution in [2.45, 2.75) is 122 Å². The second kappa shape index (κ2) is 27.6. The predicted molar refractivity (Wildman–Crippen MR) is 268 cm³/mol. The molecule has 2 fully saturated rings. The zero-order valence-electron chi connectivity index (χ0n) is 40.8. The molecule has 4 amide bonds. The molecule has 0 radical (unpaired) electrons. The van der Waals surface area contributed by atoms with Crippen LogP contribution in [-0.4, -0.2) is 119 Å². The molecular formula is C51H66N8O13. The van der Waals surface area contributed by atoms with Gasteiger partial charge < -0.3 is 50.6 Å². The highest BCUT2D eigenvalue weighted by Gasteiger charge is 2.34. The molecule has 1 aromatic heterocycles. The Morgan fingerprint density at radius 2 is 1.61 bits per heavy atom. The number of aromatic nitrogens is 1. The molecule has 3 aromatic carbocycles. The number of likely N-dealkylation sites (N-methyl/N-ethyl adjacent to an activating group) is 1. The lowest BCUT2D eigenvalue weighted by molar-refractivity contribution is -0.204. The summed E-state index contributed by atoms with van der Waals surface area (Å²) in [6.07, 6.45) is 7.17. The second-order valence-corrected chi connectivity index (χ2v) is 17.7. The van der Waals surface area contributed by atoms with Crippen molar-refractivity contribution >= 4 is 58.2 Å². The second-order valence-electron chi connectivity index (χ2n) is 17.7. The molecule has 1 saturated heterocycles. The van der Waals surface area contributed by atoms with E-state index in [9.17, 15) is 43.8 Å². The summed E-state index contributed by atoms with van der Waals surface area (Å²) in [5.74, 6) is -1.81. The molecule has 7 N–H and O–H groups in total. The average Bonchev–Trinajstić information content (AvgIpc) is 3.38. The molecule has 21 heteroatoms. The third-order valence-electron chi connectivity index (χ3n) is 12.3. The number of carbonyl (C=O) groups is 5. The van der Waals surface area contributed by atoms with Gasteiger partial charge in [-0.3, -0.25) is 39.1 Å². The van der Waals surface area contributed by atoms with E-state index in [0.717, 1.165) is 51.4 Å². The largest absolute Gasteiger partial charge is 0.479 e. The van der Waals surface area contributed by atoms with E-state index in [1.807, 2.05) is 6.92 Å². The Morgan fingerprint density at radius 3 is 2.36 bits per heavy atom. The van der Waals surface area contributed by atoms with Crippen LogP contribution in [0.25, 0.3) is 0 Å². The summed E-state index contributed by atoms with van der Waals surface area (Å²) >= 11 is 0. The first kappa shape index (κ1) is 54.4. The predicted octanol–water partition coefficient (Wildman–Crippen LogP) is 5.66. The van der Waals surface area contributed by atoms with Gasteiger partial charge in [0.2, 0.25) is 18.1 Å². The summed E-state index contributed by atoms with van der Waals surface area (Å²) in [5.41, 5.74) is 1.41. The average molecular weight is 999 g/mol. The lowest BCUT2D eigenvalue weighted by atomic mass is 9.95. The van der Waals surface area contributed by atoms with Gasteiger partial charge in [0, 0.05) is 81.2 Å². The van der Waals surface area contributed by atoms with E-state index >= 15 is 0 Å². The number of carbonyl (C=O) groups excluding carboxylic acids is 4. The van der Waals surface area contributed by atoms with Gasteiger partial charge in [0.05, 0.1) is 24.4 Å². The van der Waals surface area contributed by atoms with Crippen LogP contribution in [-0.2, 0) is 35.3 Å². The molecule has 21 nitrogen and oxygen atoms in total. The van der Waals surface area contributed by atoms with Gasteiger partial charge in [0.25, 0.3) is 16.8 Å². The summed E-state index contributed by atoms with van der Waals surface area (Å²) in [6, 6.07) is 14.5. The van der Waals surface area contributed by atoms with Crippen LogP contribution in [0.4, 0.5) is 33.2 Å². The molecule has 2 aliphatic rings. The van der Waals surface area contributed by atoms with E-state index in [2.05, 4.69) is 31.6 Å². The summed E-state index contributed by atoms with van der Waals surface area (Å²) in [5, 5.41) is 35.6. The molecule has 1 aliphatic carbocycles. The van der Waals surface area contributed by atoms with Gasteiger partial charge in [-0.25, -0.2) is 14.7 Å². The van der Waals surface area contributed by atoms with Crippen molar-refractivity contribution in [1.29, 1.82) is 0 Å². The van der Waals surface area contributed by atoms with Crippen LogP contribution in [0, 0.1) is 0 Å². The fourth-order valence-corrected chi connectivity index (χ4v) is 8.46. The maximum Gasteiger partial charge on any atom is 0.411 e. The van der Waals surface area contributed by atoms with E-state index < -0.39 is 41.4 Å². The number of benzene rings is 2. The normalized spacial score (nSPS) is 16.8. The van der Waals surface area contributed by atoms with Crippen LogP contribution in [0.5, 0.6) is 5.75 Å². The van der Waals surface area contributed by atoms with Crippen LogP contribution < -0.4 is 42.2 Å². The number of unbranched alkanes of at least 4 members (excludes halogenated alkanes) is 3. The number of amides is 4. The third-order valence-corrected chi connectivity index (χ3v) is 12.3. The van der Waals surface area contributed by atoms with Crippen LogP contribution in [0.15, 0.2) is 76.6 Å². The number of ether oxygens (including phenoxy) is 3. The van der Waals surface area contributed by atoms with Crippen LogP contribution in [0.3, 0.4) is 0 Å². The van der Waals surface area contributed by atoms with Crippen molar-refractivity contribution in [3.05, 3.63) is 98.6 Å². The Hall–Kier alpha value is -6.94. The maximum atomic E-state index is 13.8. The smallest absolute Gasteiger partial charge is 0.411 e. The quantitative estimate of drug-likeness (QED) is 0.0215. The molecule has 3 atom stereocenters. The van der Waals surface area contributed by atoms with Crippen LogP contribution >= 0.6 is 0 Å². The number of hydrogen-bond donors (Lipinski definition) is 7. The van der Waals surface area contributed by atoms with Crippen LogP contribution in [0.1, 0.15) is 106 Å². The molecule has 4 aromatic rings.